The average molecular weight is 337 g/mol. The number of benzene rings is 2. The van der Waals surface area contributed by atoms with E-state index in [1.807, 2.05) is 36.4 Å². The highest BCUT2D eigenvalue weighted by Gasteiger charge is 2.16. The number of hydrogen-bond donors (Lipinski definition) is 1. The molecule has 0 bridgehead atoms. The van der Waals surface area contributed by atoms with E-state index in [0.29, 0.717) is 6.42 Å². The van der Waals surface area contributed by atoms with Crippen molar-refractivity contribution in [2.45, 2.75) is 32.2 Å². The maximum Gasteiger partial charge on any atom is 0.225 e. The number of carbonyl (C=O) groups excluding carboxylic acids is 1. The van der Waals surface area contributed by atoms with Crippen LogP contribution in [0.1, 0.15) is 36.9 Å². The predicted octanol–water partition coefficient (Wildman–Crippen LogP) is 4.64. The van der Waals surface area contributed by atoms with Gasteiger partial charge in [-0.05, 0) is 24.1 Å². The zero-order valence-corrected chi connectivity index (χ0v) is 14.6. The van der Waals surface area contributed by atoms with Crippen molar-refractivity contribution in [3.8, 4) is 5.75 Å². The SMILES string of the molecule is CCC[C@@H](NC(=O)Cc1coc2cc(OC)ccc12)c1ccccc1. The van der Waals surface area contributed by atoms with E-state index in [1.165, 1.54) is 0 Å². The van der Waals surface area contributed by atoms with Gasteiger partial charge < -0.3 is 14.5 Å². The van der Waals surface area contributed by atoms with Gasteiger partial charge >= 0.3 is 0 Å². The largest absolute Gasteiger partial charge is 0.497 e. The molecule has 1 aromatic heterocycles. The van der Waals surface area contributed by atoms with Gasteiger partial charge in [-0.2, -0.15) is 0 Å². The Kier molecular flexibility index (Phi) is 5.39. The average Bonchev–Trinajstić information content (AvgIpc) is 3.04. The number of methoxy groups -OCH3 is 1. The van der Waals surface area contributed by atoms with Crippen LogP contribution in [0.2, 0.25) is 0 Å². The number of nitrogens with one attached hydrogen (secondary N) is 1. The Morgan fingerprint density at radius 2 is 2.00 bits per heavy atom. The van der Waals surface area contributed by atoms with Crippen LogP contribution in [0.5, 0.6) is 5.75 Å². The third kappa shape index (κ3) is 4.02. The number of rotatable bonds is 7. The Labute approximate surface area is 147 Å². The molecular formula is C21H23NO3. The summed E-state index contributed by atoms with van der Waals surface area (Å²) in [6.45, 7) is 2.12. The Morgan fingerprint density at radius 3 is 2.72 bits per heavy atom. The summed E-state index contributed by atoms with van der Waals surface area (Å²) in [5.41, 5.74) is 2.76. The van der Waals surface area contributed by atoms with Crippen LogP contribution in [0, 0.1) is 0 Å². The number of ether oxygens (including phenoxy) is 1. The smallest absolute Gasteiger partial charge is 0.225 e. The molecule has 2 aromatic carbocycles. The Bertz CT molecular complexity index is 839. The van der Waals surface area contributed by atoms with Gasteiger partial charge in [-0.3, -0.25) is 4.79 Å². The third-order valence-electron chi connectivity index (χ3n) is 4.33. The molecule has 3 aromatic rings. The van der Waals surface area contributed by atoms with Gasteiger partial charge in [0, 0.05) is 17.0 Å². The molecule has 0 radical (unpaired) electrons. The van der Waals surface area contributed by atoms with Gasteiger partial charge in [-0.25, -0.2) is 0 Å². The summed E-state index contributed by atoms with van der Waals surface area (Å²) in [6, 6.07) is 15.8. The summed E-state index contributed by atoms with van der Waals surface area (Å²) < 4.78 is 10.8. The zero-order valence-electron chi connectivity index (χ0n) is 14.6. The Morgan fingerprint density at radius 1 is 1.20 bits per heavy atom. The second-order valence-electron chi connectivity index (χ2n) is 6.12. The summed E-state index contributed by atoms with van der Waals surface area (Å²) in [4.78, 5) is 12.6. The molecule has 0 unspecified atom stereocenters. The summed E-state index contributed by atoms with van der Waals surface area (Å²) >= 11 is 0. The molecule has 0 aliphatic carbocycles. The quantitative estimate of drug-likeness (QED) is 0.683. The van der Waals surface area contributed by atoms with E-state index in [9.17, 15) is 4.79 Å². The molecule has 130 valence electrons. The van der Waals surface area contributed by atoms with Crippen molar-refractivity contribution in [2.24, 2.45) is 0 Å². The standard InChI is InChI=1S/C21H23NO3/c1-3-7-19(15-8-5-4-6-9-15)22-21(23)12-16-14-25-20-13-17(24-2)10-11-18(16)20/h4-6,8-11,13-14,19H,3,7,12H2,1-2H3,(H,22,23)/t19-/m1/s1. The second-order valence-corrected chi connectivity index (χ2v) is 6.12. The van der Waals surface area contributed by atoms with Crippen molar-refractivity contribution in [3.05, 3.63) is 65.9 Å². The third-order valence-corrected chi connectivity index (χ3v) is 4.33. The molecule has 4 nitrogen and oxygen atoms in total. The molecule has 0 aliphatic rings. The molecule has 25 heavy (non-hydrogen) atoms. The van der Waals surface area contributed by atoms with Crippen molar-refractivity contribution in [1.29, 1.82) is 0 Å². The minimum atomic E-state index is 0.000760. The maximum absolute atomic E-state index is 12.6. The zero-order chi connectivity index (χ0) is 17.6. The number of carbonyl (C=O) groups is 1. The van der Waals surface area contributed by atoms with E-state index in [4.69, 9.17) is 9.15 Å². The Balaban J connectivity index is 1.73. The number of hydrogen-bond acceptors (Lipinski definition) is 3. The molecule has 3 rings (SSSR count). The van der Waals surface area contributed by atoms with Crippen LogP contribution < -0.4 is 10.1 Å². The van der Waals surface area contributed by atoms with Crippen LogP contribution in [0.25, 0.3) is 11.0 Å². The topological polar surface area (TPSA) is 51.5 Å². The van der Waals surface area contributed by atoms with E-state index in [0.717, 1.165) is 40.7 Å². The first-order valence-corrected chi connectivity index (χ1v) is 8.59. The summed E-state index contributed by atoms with van der Waals surface area (Å²) in [6.07, 6.45) is 3.88. The van der Waals surface area contributed by atoms with Crippen molar-refractivity contribution in [2.75, 3.05) is 7.11 Å². The van der Waals surface area contributed by atoms with Crippen LogP contribution >= 0.6 is 0 Å². The summed E-state index contributed by atoms with van der Waals surface area (Å²) in [5, 5.41) is 4.10. The molecule has 0 aliphatic heterocycles. The van der Waals surface area contributed by atoms with Crippen LogP contribution in [0.15, 0.2) is 59.2 Å². The summed E-state index contributed by atoms with van der Waals surface area (Å²) in [7, 11) is 1.62. The van der Waals surface area contributed by atoms with Gasteiger partial charge in [0.25, 0.3) is 0 Å². The fourth-order valence-corrected chi connectivity index (χ4v) is 3.04. The monoisotopic (exact) mass is 337 g/mol. The van der Waals surface area contributed by atoms with E-state index in [-0.39, 0.29) is 11.9 Å². The van der Waals surface area contributed by atoms with Gasteiger partial charge in [0.1, 0.15) is 11.3 Å². The first-order chi connectivity index (χ1) is 12.2. The molecule has 1 heterocycles. The highest BCUT2D eigenvalue weighted by Crippen LogP contribution is 2.26. The van der Waals surface area contributed by atoms with Gasteiger partial charge in [0.05, 0.1) is 25.8 Å². The van der Waals surface area contributed by atoms with E-state index < -0.39 is 0 Å². The van der Waals surface area contributed by atoms with Gasteiger partial charge in [0.2, 0.25) is 5.91 Å². The second kappa shape index (κ2) is 7.88. The lowest BCUT2D eigenvalue weighted by atomic mass is 10.0. The highest BCUT2D eigenvalue weighted by atomic mass is 16.5. The predicted molar refractivity (Wildman–Crippen MR) is 98.7 cm³/mol. The first-order valence-electron chi connectivity index (χ1n) is 8.59. The van der Waals surface area contributed by atoms with Crippen LogP contribution in [0.3, 0.4) is 0 Å². The van der Waals surface area contributed by atoms with Crippen LogP contribution in [-0.4, -0.2) is 13.0 Å². The molecule has 1 N–H and O–H groups in total. The van der Waals surface area contributed by atoms with Crippen LogP contribution in [-0.2, 0) is 11.2 Å². The first kappa shape index (κ1) is 17.1. The van der Waals surface area contributed by atoms with Crippen molar-refractivity contribution < 1.29 is 13.9 Å². The molecule has 0 fully saturated rings. The van der Waals surface area contributed by atoms with Crippen molar-refractivity contribution in [3.63, 3.8) is 0 Å². The summed E-state index contributed by atoms with van der Waals surface area (Å²) in [5.74, 6) is 0.741. The van der Waals surface area contributed by atoms with E-state index in [2.05, 4.69) is 24.4 Å². The number of amides is 1. The molecule has 0 saturated heterocycles. The van der Waals surface area contributed by atoms with Crippen molar-refractivity contribution >= 4 is 16.9 Å². The molecule has 1 amide bonds. The van der Waals surface area contributed by atoms with E-state index >= 15 is 0 Å². The molecule has 0 spiro atoms. The normalized spacial score (nSPS) is 12.1. The van der Waals surface area contributed by atoms with Gasteiger partial charge in [0.15, 0.2) is 0 Å². The number of fused-ring (bicyclic) bond motifs is 1. The number of furan rings is 1. The minimum absolute atomic E-state index is 0.000760. The Hall–Kier alpha value is -2.75. The van der Waals surface area contributed by atoms with E-state index in [1.54, 1.807) is 13.4 Å². The lowest BCUT2D eigenvalue weighted by Crippen LogP contribution is -2.29. The molecular weight excluding hydrogens is 314 g/mol. The fraction of sp³-hybridized carbons (Fsp3) is 0.286. The van der Waals surface area contributed by atoms with Gasteiger partial charge in [-0.1, -0.05) is 43.7 Å². The maximum atomic E-state index is 12.6. The van der Waals surface area contributed by atoms with Gasteiger partial charge in [-0.15, -0.1) is 0 Å². The molecule has 1 atom stereocenters. The fourth-order valence-electron chi connectivity index (χ4n) is 3.04. The minimum Gasteiger partial charge on any atom is -0.497 e. The lowest BCUT2D eigenvalue weighted by Gasteiger charge is -2.18. The lowest BCUT2D eigenvalue weighted by molar-refractivity contribution is -0.121. The highest BCUT2D eigenvalue weighted by molar-refractivity contribution is 5.88. The van der Waals surface area contributed by atoms with Crippen molar-refractivity contribution in [1.82, 2.24) is 5.32 Å². The van der Waals surface area contributed by atoms with Crippen LogP contribution in [0.4, 0.5) is 0 Å². The molecule has 0 saturated carbocycles. The molecule has 4 heteroatoms.